The fourth-order valence-electron chi connectivity index (χ4n) is 1.91. The maximum absolute atomic E-state index is 11.8. The molecule has 0 amide bonds. The number of nitrogens with zero attached hydrogens (tertiary/aromatic N) is 1. The van der Waals surface area contributed by atoms with E-state index >= 15 is 0 Å². The van der Waals surface area contributed by atoms with Crippen molar-refractivity contribution in [1.82, 2.24) is 9.55 Å². The molecule has 1 heterocycles. The molecular weight excluding hydrogens is 319 g/mol. The van der Waals surface area contributed by atoms with Crippen molar-refractivity contribution in [2.75, 3.05) is 0 Å². The molecule has 1 aromatic heterocycles. The number of benzene rings is 1. The third-order valence-electron chi connectivity index (χ3n) is 2.80. The SMILES string of the molecule is O=C(O)c1c(C(=O)O)n(Cc2ccccc2)c(=O)[nH]c1=O.[H-].[K+]. The van der Waals surface area contributed by atoms with Crippen LogP contribution in [0.1, 0.15) is 27.8 Å². The zero-order valence-corrected chi connectivity index (χ0v) is 14.7. The van der Waals surface area contributed by atoms with Crippen molar-refractivity contribution >= 4 is 11.9 Å². The Balaban J connectivity index is 0.00000242. The van der Waals surface area contributed by atoms with E-state index < -0.39 is 34.4 Å². The molecule has 0 unspecified atom stereocenters. The molecule has 0 aliphatic heterocycles. The zero-order valence-electron chi connectivity index (χ0n) is 12.6. The molecule has 0 aliphatic carbocycles. The van der Waals surface area contributed by atoms with Gasteiger partial charge >= 0.3 is 69.0 Å². The molecule has 1 aromatic carbocycles. The fraction of sp³-hybridized carbons (Fsp3) is 0.0769. The van der Waals surface area contributed by atoms with Gasteiger partial charge in [-0.25, -0.2) is 14.4 Å². The standard InChI is InChI=1S/C13H10N2O6.K.H/c16-10-8(11(17)18)9(12(19)20)15(13(21)14-10)6-7-4-2-1-3-5-7;;/h1-5H,6H2,(H,17,18)(H,19,20)(H,14,16,21);;/q;+1;-1. The first-order valence-corrected chi connectivity index (χ1v) is 5.79. The molecule has 0 spiro atoms. The van der Waals surface area contributed by atoms with Crippen molar-refractivity contribution < 1.29 is 72.6 Å². The van der Waals surface area contributed by atoms with Gasteiger partial charge < -0.3 is 11.6 Å². The normalized spacial score (nSPS) is 9.82. The summed E-state index contributed by atoms with van der Waals surface area (Å²) in [6.07, 6.45) is 0. The molecule has 0 saturated carbocycles. The minimum atomic E-state index is -1.71. The van der Waals surface area contributed by atoms with Gasteiger partial charge in [-0.2, -0.15) is 0 Å². The summed E-state index contributed by atoms with van der Waals surface area (Å²) in [5, 5.41) is 18.1. The number of rotatable bonds is 4. The molecule has 9 heteroatoms. The van der Waals surface area contributed by atoms with Gasteiger partial charge in [0.05, 0.1) is 6.54 Å². The van der Waals surface area contributed by atoms with E-state index in [2.05, 4.69) is 0 Å². The second kappa shape index (κ2) is 7.65. The summed E-state index contributed by atoms with van der Waals surface area (Å²) in [5.74, 6) is -3.37. The van der Waals surface area contributed by atoms with Crippen LogP contribution in [0.3, 0.4) is 0 Å². The van der Waals surface area contributed by atoms with Crippen LogP contribution in [0.25, 0.3) is 0 Å². The average Bonchev–Trinajstić information content (AvgIpc) is 2.41. The van der Waals surface area contributed by atoms with Gasteiger partial charge in [0.25, 0.3) is 5.56 Å². The molecule has 0 saturated heterocycles. The zero-order chi connectivity index (χ0) is 15.6. The summed E-state index contributed by atoms with van der Waals surface area (Å²) in [4.78, 5) is 47.4. The van der Waals surface area contributed by atoms with E-state index in [1.165, 1.54) is 0 Å². The number of hydrogen-bond donors (Lipinski definition) is 3. The Hall–Kier alpha value is -1.52. The van der Waals surface area contributed by atoms with Gasteiger partial charge in [0.15, 0.2) is 11.3 Å². The molecule has 3 N–H and O–H groups in total. The number of hydrogen-bond acceptors (Lipinski definition) is 4. The molecule has 0 aliphatic rings. The molecule has 0 atom stereocenters. The summed E-state index contributed by atoms with van der Waals surface area (Å²) in [6, 6.07) is 8.39. The Morgan fingerprint density at radius 3 is 2.18 bits per heavy atom. The fourth-order valence-corrected chi connectivity index (χ4v) is 1.91. The number of carbonyl (C=O) groups is 2. The van der Waals surface area contributed by atoms with Crippen LogP contribution in [0.15, 0.2) is 39.9 Å². The van der Waals surface area contributed by atoms with Crippen molar-refractivity contribution in [3.05, 3.63) is 68.0 Å². The summed E-state index contributed by atoms with van der Waals surface area (Å²) in [7, 11) is 0. The molecule has 22 heavy (non-hydrogen) atoms. The molecular formula is C13H11KN2O6. The first-order valence-electron chi connectivity index (χ1n) is 5.79. The van der Waals surface area contributed by atoms with E-state index in [1.54, 1.807) is 30.3 Å². The van der Waals surface area contributed by atoms with Crippen LogP contribution in [0.2, 0.25) is 0 Å². The van der Waals surface area contributed by atoms with E-state index in [9.17, 15) is 19.2 Å². The van der Waals surface area contributed by atoms with Gasteiger partial charge in [-0.1, -0.05) is 30.3 Å². The third-order valence-corrected chi connectivity index (χ3v) is 2.80. The van der Waals surface area contributed by atoms with Crippen molar-refractivity contribution in [3.63, 3.8) is 0 Å². The number of aromatic nitrogens is 2. The van der Waals surface area contributed by atoms with Gasteiger partial charge in [0, 0.05) is 0 Å². The van der Waals surface area contributed by atoms with Crippen LogP contribution < -0.4 is 62.6 Å². The number of carboxylic acid groups (broad SMARTS) is 2. The topological polar surface area (TPSA) is 129 Å². The van der Waals surface area contributed by atoms with E-state index in [4.69, 9.17) is 10.2 Å². The van der Waals surface area contributed by atoms with E-state index in [-0.39, 0.29) is 59.4 Å². The molecule has 0 fully saturated rings. The number of nitrogens with one attached hydrogen (secondary N) is 1. The van der Waals surface area contributed by atoms with Crippen LogP contribution in [0, 0.1) is 0 Å². The largest absolute Gasteiger partial charge is 1.00 e. The maximum atomic E-state index is 11.8. The Labute approximate surface area is 167 Å². The smallest absolute Gasteiger partial charge is 1.00 e. The van der Waals surface area contributed by atoms with E-state index in [0.717, 1.165) is 0 Å². The molecule has 0 bridgehead atoms. The quantitative estimate of drug-likeness (QED) is 0.516. The van der Waals surface area contributed by atoms with E-state index in [0.29, 0.717) is 10.1 Å². The first kappa shape index (κ1) is 18.5. The molecule has 2 rings (SSSR count). The van der Waals surface area contributed by atoms with Crippen LogP contribution in [0.4, 0.5) is 0 Å². The Bertz CT molecular complexity index is 831. The minimum Gasteiger partial charge on any atom is -1.00 e. The number of aromatic amines is 1. The second-order valence-corrected chi connectivity index (χ2v) is 4.16. The third kappa shape index (κ3) is 3.81. The Kier molecular flexibility index (Phi) is 6.44. The molecule has 8 nitrogen and oxygen atoms in total. The predicted octanol–water partition coefficient (Wildman–Crippen LogP) is -2.90. The second-order valence-electron chi connectivity index (χ2n) is 4.16. The molecule has 110 valence electrons. The van der Waals surface area contributed by atoms with Crippen LogP contribution in [0.5, 0.6) is 0 Å². The van der Waals surface area contributed by atoms with Crippen LogP contribution >= 0.6 is 0 Å². The van der Waals surface area contributed by atoms with Gasteiger partial charge in [-0.15, -0.1) is 0 Å². The van der Waals surface area contributed by atoms with Gasteiger partial charge in [-0.3, -0.25) is 14.3 Å². The predicted molar refractivity (Wildman–Crippen MR) is 71.9 cm³/mol. The number of H-pyrrole nitrogens is 1. The first-order chi connectivity index (χ1) is 9.91. The monoisotopic (exact) mass is 330 g/mol. The van der Waals surface area contributed by atoms with Gasteiger partial charge in [0.2, 0.25) is 0 Å². The number of aromatic carboxylic acids is 2. The Morgan fingerprint density at radius 1 is 1.09 bits per heavy atom. The van der Waals surface area contributed by atoms with Crippen LogP contribution in [-0.4, -0.2) is 31.7 Å². The molecule has 0 radical (unpaired) electrons. The van der Waals surface area contributed by atoms with Gasteiger partial charge in [-0.05, 0) is 5.56 Å². The number of carboxylic acids is 2. The van der Waals surface area contributed by atoms with Crippen molar-refractivity contribution in [1.29, 1.82) is 0 Å². The summed E-state index contributed by atoms with van der Waals surface area (Å²) < 4.78 is 0.711. The van der Waals surface area contributed by atoms with Crippen LogP contribution in [-0.2, 0) is 6.54 Å². The summed E-state index contributed by atoms with van der Waals surface area (Å²) in [6.45, 7) is -0.168. The molecule has 2 aromatic rings. The van der Waals surface area contributed by atoms with Crippen molar-refractivity contribution in [2.45, 2.75) is 6.54 Å². The van der Waals surface area contributed by atoms with Crippen molar-refractivity contribution in [2.24, 2.45) is 0 Å². The maximum Gasteiger partial charge on any atom is 1.00 e. The summed E-state index contributed by atoms with van der Waals surface area (Å²) >= 11 is 0. The van der Waals surface area contributed by atoms with E-state index in [1.807, 2.05) is 4.98 Å². The van der Waals surface area contributed by atoms with Gasteiger partial charge in [0.1, 0.15) is 0 Å². The van der Waals surface area contributed by atoms with Crippen molar-refractivity contribution in [3.8, 4) is 0 Å². The minimum absolute atomic E-state index is 0. The Morgan fingerprint density at radius 2 is 1.68 bits per heavy atom. The summed E-state index contributed by atoms with van der Waals surface area (Å²) in [5.41, 5.74) is -3.45. The average molecular weight is 330 g/mol.